The third kappa shape index (κ3) is 2.69. The van der Waals surface area contributed by atoms with E-state index in [4.69, 9.17) is 9.47 Å². The molecule has 0 aromatic carbocycles. The van der Waals surface area contributed by atoms with Crippen LogP contribution in [0.5, 0.6) is 0 Å². The molecule has 0 aromatic heterocycles. The highest BCUT2D eigenvalue weighted by atomic mass is 16.7. The van der Waals surface area contributed by atoms with Crippen LogP contribution in [-0.2, 0) is 14.3 Å². The number of ether oxygens (including phenoxy) is 2. The average molecular weight is 186 g/mol. The Balaban J connectivity index is 2.46. The maximum Gasteiger partial charge on any atom is 0.304 e. The average Bonchev–Trinajstić information content (AvgIpc) is 2.31. The van der Waals surface area contributed by atoms with Crippen LogP contribution >= 0.6 is 0 Å². The van der Waals surface area contributed by atoms with E-state index in [0.29, 0.717) is 11.8 Å². The fourth-order valence-electron chi connectivity index (χ4n) is 1.58. The molecule has 3 heteroatoms. The number of carbonyl (C=O) groups is 1. The van der Waals surface area contributed by atoms with Crippen molar-refractivity contribution >= 4 is 5.97 Å². The van der Waals surface area contributed by atoms with Gasteiger partial charge < -0.3 is 9.47 Å². The van der Waals surface area contributed by atoms with Gasteiger partial charge in [0.1, 0.15) is 0 Å². The summed E-state index contributed by atoms with van der Waals surface area (Å²) in [6.07, 6.45) is 0.888. The van der Waals surface area contributed by atoms with Gasteiger partial charge in [0.2, 0.25) is 6.29 Å². The van der Waals surface area contributed by atoms with Crippen molar-refractivity contribution in [3.8, 4) is 0 Å². The topological polar surface area (TPSA) is 35.5 Å². The normalized spacial score (nSPS) is 33.8. The molecule has 0 spiro atoms. The highest BCUT2D eigenvalue weighted by molar-refractivity contribution is 5.66. The van der Waals surface area contributed by atoms with Crippen LogP contribution in [-0.4, -0.2) is 18.4 Å². The molecule has 1 unspecified atom stereocenters. The summed E-state index contributed by atoms with van der Waals surface area (Å²) in [5.41, 5.74) is 0. The fraction of sp³-hybridized carbons (Fsp3) is 0.900. The minimum absolute atomic E-state index is 0.236. The van der Waals surface area contributed by atoms with Gasteiger partial charge in [0, 0.05) is 12.8 Å². The number of rotatable bonds is 2. The van der Waals surface area contributed by atoms with Gasteiger partial charge in [-0.3, -0.25) is 4.79 Å². The van der Waals surface area contributed by atoms with E-state index < -0.39 is 0 Å². The summed E-state index contributed by atoms with van der Waals surface area (Å²) in [4.78, 5) is 10.7. The molecule has 0 amide bonds. The molecule has 0 bridgehead atoms. The molecular formula is C10H18O3. The largest absolute Gasteiger partial charge is 0.436 e. The highest BCUT2D eigenvalue weighted by Gasteiger charge is 2.35. The van der Waals surface area contributed by atoms with Crippen molar-refractivity contribution in [2.45, 2.75) is 46.5 Å². The first kappa shape index (κ1) is 10.5. The van der Waals surface area contributed by atoms with Crippen LogP contribution in [0.2, 0.25) is 0 Å². The third-order valence-corrected chi connectivity index (χ3v) is 2.40. The standard InChI is InChI=1S/C10H18O3/c1-6(2)9-5-7(3)10(13-9)12-8(4)11/h6-7,9-10H,5H2,1-4H3/t7-,9-,10?/m0/s1. The maximum atomic E-state index is 10.7. The lowest BCUT2D eigenvalue weighted by Gasteiger charge is -2.16. The lowest BCUT2D eigenvalue weighted by atomic mass is 9.99. The summed E-state index contributed by atoms with van der Waals surface area (Å²) in [5.74, 6) is 0.542. The SMILES string of the molecule is CC(=O)OC1O[C@H](C(C)C)C[C@@H]1C. The van der Waals surface area contributed by atoms with E-state index in [0.717, 1.165) is 6.42 Å². The Hall–Kier alpha value is -0.570. The summed E-state index contributed by atoms with van der Waals surface area (Å²) >= 11 is 0. The zero-order valence-corrected chi connectivity index (χ0v) is 8.74. The van der Waals surface area contributed by atoms with Gasteiger partial charge in [0.25, 0.3) is 0 Å². The molecule has 0 saturated carbocycles. The van der Waals surface area contributed by atoms with E-state index in [1.54, 1.807) is 0 Å². The minimum Gasteiger partial charge on any atom is -0.436 e. The second kappa shape index (κ2) is 4.09. The van der Waals surface area contributed by atoms with Crippen molar-refractivity contribution in [3.63, 3.8) is 0 Å². The smallest absolute Gasteiger partial charge is 0.304 e. The van der Waals surface area contributed by atoms with Gasteiger partial charge in [-0.1, -0.05) is 20.8 Å². The van der Waals surface area contributed by atoms with Gasteiger partial charge >= 0.3 is 5.97 Å². The van der Waals surface area contributed by atoms with E-state index in [9.17, 15) is 4.79 Å². The van der Waals surface area contributed by atoms with Gasteiger partial charge in [-0.2, -0.15) is 0 Å². The molecule has 3 nitrogen and oxygen atoms in total. The number of esters is 1. The Kier molecular flexibility index (Phi) is 3.31. The molecule has 0 aliphatic carbocycles. The maximum absolute atomic E-state index is 10.7. The lowest BCUT2D eigenvalue weighted by molar-refractivity contribution is -0.180. The summed E-state index contributed by atoms with van der Waals surface area (Å²) in [7, 11) is 0. The molecule has 0 N–H and O–H groups in total. The van der Waals surface area contributed by atoms with Crippen LogP contribution in [0, 0.1) is 11.8 Å². The lowest BCUT2D eigenvalue weighted by Crippen LogP contribution is -2.22. The summed E-state index contributed by atoms with van der Waals surface area (Å²) in [5, 5.41) is 0. The fourth-order valence-corrected chi connectivity index (χ4v) is 1.58. The number of carbonyl (C=O) groups excluding carboxylic acids is 1. The molecule has 1 heterocycles. The van der Waals surface area contributed by atoms with Crippen molar-refractivity contribution in [1.82, 2.24) is 0 Å². The molecule has 1 rings (SSSR count). The second-order valence-corrected chi connectivity index (χ2v) is 4.11. The molecule has 3 atom stereocenters. The Bertz CT molecular complexity index is 189. The predicted octanol–water partition coefficient (Wildman–Crippen LogP) is 1.96. The van der Waals surface area contributed by atoms with Crippen LogP contribution < -0.4 is 0 Å². The first-order valence-electron chi connectivity index (χ1n) is 4.83. The molecule has 1 aliphatic rings. The Morgan fingerprint density at radius 3 is 2.54 bits per heavy atom. The highest BCUT2D eigenvalue weighted by Crippen LogP contribution is 2.30. The van der Waals surface area contributed by atoms with E-state index in [1.807, 2.05) is 0 Å². The van der Waals surface area contributed by atoms with Crippen LogP contribution in [0.3, 0.4) is 0 Å². The number of hydrogen-bond acceptors (Lipinski definition) is 3. The van der Waals surface area contributed by atoms with E-state index in [1.165, 1.54) is 6.92 Å². The van der Waals surface area contributed by atoms with Crippen molar-refractivity contribution in [2.75, 3.05) is 0 Å². The van der Waals surface area contributed by atoms with Crippen molar-refractivity contribution in [2.24, 2.45) is 11.8 Å². The first-order chi connectivity index (χ1) is 6.00. The molecule has 1 aliphatic heterocycles. The second-order valence-electron chi connectivity index (χ2n) is 4.11. The van der Waals surface area contributed by atoms with Gasteiger partial charge in [-0.15, -0.1) is 0 Å². The van der Waals surface area contributed by atoms with E-state index in [2.05, 4.69) is 20.8 Å². The minimum atomic E-state index is -0.329. The Labute approximate surface area is 79.4 Å². The monoisotopic (exact) mass is 186 g/mol. The van der Waals surface area contributed by atoms with Crippen molar-refractivity contribution < 1.29 is 14.3 Å². The van der Waals surface area contributed by atoms with E-state index >= 15 is 0 Å². The summed E-state index contributed by atoms with van der Waals surface area (Å²) in [6.45, 7) is 7.70. The molecule has 1 saturated heterocycles. The molecule has 0 radical (unpaired) electrons. The number of hydrogen-bond donors (Lipinski definition) is 0. The molecule has 13 heavy (non-hydrogen) atoms. The van der Waals surface area contributed by atoms with Gasteiger partial charge in [0.05, 0.1) is 6.10 Å². The van der Waals surface area contributed by atoms with Crippen molar-refractivity contribution in [3.05, 3.63) is 0 Å². The quantitative estimate of drug-likeness (QED) is 0.618. The van der Waals surface area contributed by atoms with E-state index in [-0.39, 0.29) is 18.4 Å². The van der Waals surface area contributed by atoms with Crippen molar-refractivity contribution in [1.29, 1.82) is 0 Å². The Morgan fingerprint density at radius 1 is 1.54 bits per heavy atom. The zero-order chi connectivity index (χ0) is 10.0. The van der Waals surface area contributed by atoms with Crippen LogP contribution in [0.4, 0.5) is 0 Å². The van der Waals surface area contributed by atoms with Crippen LogP contribution in [0.15, 0.2) is 0 Å². The zero-order valence-electron chi connectivity index (χ0n) is 8.74. The van der Waals surface area contributed by atoms with Gasteiger partial charge in [0.15, 0.2) is 0 Å². The van der Waals surface area contributed by atoms with Crippen LogP contribution in [0.25, 0.3) is 0 Å². The molecule has 76 valence electrons. The molecular weight excluding hydrogens is 168 g/mol. The predicted molar refractivity (Wildman–Crippen MR) is 49.0 cm³/mol. The summed E-state index contributed by atoms with van der Waals surface area (Å²) < 4.78 is 10.6. The third-order valence-electron chi connectivity index (χ3n) is 2.40. The Morgan fingerprint density at radius 2 is 2.15 bits per heavy atom. The summed E-state index contributed by atoms with van der Waals surface area (Å²) in [6, 6.07) is 0. The first-order valence-corrected chi connectivity index (χ1v) is 4.83. The van der Waals surface area contributed by atoms with Gasteiger partial charge in [-0.05, 0) is 12.3 Å². The van der Waals surface area contributed by atoms with Gasteiger partial charge in [-0.25, -0.2) is 0 Å². The molecule has 1 fully saturated rings. The van der Waals surface area contributed by atoms with Crippen LogP contribution in [0.1, 0.15) is 34.1 Å². The molecule has 0 aromatic rings.